The van der Waals surface area contributed by atoms with Gasteiger partial charge in [0.15, 0.2) is 0 Å². The Morgan fingerprint density at radius 3 is 1.88 bits per heavy atom. The normalized spacial score (nSPS) is 11.8. The molecule has 1 unspecified atom stereocenters. The standard InChI is InChI=1S/C31H32O2/c1-3-24(2)28-17-10-12-25(22-28)23-32-20-21-33-31-29(26-13-6-4-7-14-26)18-11-19-30(31)27-15-8-5-9-16-27/h4-19,22,24H,3,20-21,23H2,1-2H3. The molecule has 0 saturated carbocycles. The van der Waals surface area contributed by atoms with Crippen molar-refractivity contribution in [3.05, 3.63) is 114 Å². The number of rotatable bonds is 10. The van der Waals surface area contributed by atoms with Crippen molar-refractivity contribution >= 4 is 0 Å². The van der Waals surface area contributed by atoms with Crippen LogP contribution in [0.15, 0.2) is 103 Å². The van der Waals surface area contributed by atoms with Gasteiger partial charge in [0.25, 0.3) is 0 Å². The van der Waals surface area contributed by atoms with Gasteiger partial charge in [-0.3, -0.25) is 0 Å². The molecule has 0 saturated heterocycles. The van der Waals surface area contributed by atoms with Crippen LogP contribution in [0.1, 0.15) is 37.3 Å². The maximum Gasteiger partial charge on any atom is 0.135 e. The van der Waals surface area contributed by atoms with Crippen LogP contribution in [-0.2, 0) is 11.3 Å². The summed E-state index contributed by atoms with van der Waals surface area (Å²) in [5, 5.41) is 0. The van der Waals surface area contributed by atoms with E-state index in [1.807, 2.05) is 12.1 Å². The fourth-order valence-electron chi connectivity index (χ4n) is 4.00. The second-order valence-corrected chi connectivity index (χ2v) is 8.37. The minimum atomic E-state index is 0.495. The van der Waals surface area contributed by atoms with Gasteiger partial charge in [0.2, 0.25) is 0 Å². The van der Waals surface area contributed by atoms with Crippen molar-refractivity contribution in [2.45, 2.75) is 32.8 Å². The first kappa shape index (κ1) is 22.8. The Bertz CT molecular complexity index is 1080. The summed E-state index contributed by atoms with van der Waals surface area (Å²) in [6, 6.07) is 35.9. The fraction of sp³-hybridized carbons (Fsp3) is 0.226. The molecule has 0 spiro atoms. The lowest BCUT2D eigenvalue weighted by Gasteiger charge is -2.17. The van der Waals surface area contributed by atoms with Crippen molar-refractivity contribution in [3.63, 3.8) is 0 Å². The molecule has 0 aliphatic carbocycles. The van der Waals surface area contributed by atoms with E-state index in [9.17, 15) is 0 Å². The van der Waals surface area contributed by atoms with Crippen molar-refractivity contribution in [1.82, 2.24) is 0 Å². The SMILES string of the molecule is CCC(C)c1cccc(COCCOc2c(-c3ccccc3)cccc2-c2ccccc2)c1. The molecule has 4 aromatic rings. The van der Waals surface area contributed by atoms with Gasteiger partial charge in [0.1, 0.15) is 12.4 Å². The van der Waals surface area contributed by atoms with Crippen molar-refractivity contribution in [1.29, 1.82) is 0 Å². The van der Waals surface area contributed by atoms with Crippen LogP contribution in [0.5, 0.6) is 5.75 Å². The van der Waals surface area contributed by atoms with Crippen molar-refractivity contribution < 1.29 is 9.47 Å². The quantitative estimate of drug-likeness (QED) is 0.234. The van der Waals surface area contributed by atoms with Crippen LogP contribution in [0.4, 0.5) is 0 Å². The minimum Gasteiger partial charge on any atom is -0.490 e. The van der Waals surface area contributed by atoms with Crippen LogP contribution >= 0.6 is 0 Å². The highest BCUT2D eigenvalue weighted by molar-refractivity contribution is 5.82. The summed E-state index contributed by atoms with van der Waals surface area (Å²) in [7, 11) is 0. The Kier molecular flexibility index (Phi) is 7.94. The Balaban J connectivity index is 1.46. The van der Waals surface area contributed by atoms with Crippen LogP contribution in [0, 0.1) is 0 Å². The van der Waals surface area contributed by atoms with Crippen LogP contribution in [0.25, 0.3) is 22.3 Å². The van der Waals surface area contributed by atoms with E-state index in [4.69, 9.17) is 9.47 Å². The smallest absolute Gasteiger partial charge is 0.135 e. The first-order chi connectivity index (χ1) is 16.3. The predicted octanol–water partition coefficient (Wildman–Crippen LogP) is 8.13. The Hall–Kier alpha value is -3.36. The van der Waals surface area contributed by atoms with Gasteiger partial charge in [-0.25, -0.2) is 0 Å². The molecule has 0 aromatic heterocycles. The molecule has 0 heterocycles. The van der Waals surface area contributed by atoms with E-state index < -0.39 is 0 Å². The lowest BCUT2D eigenvalue weighted by Crippen LogP contribution is -2.08. The highest BCUT2D eigenvalue weighted by atomic mass is 16.5. The van der Waals surface area contributed by atoms with Gasteiger partial charge in [-0.2, -0.15) is 0 Å². The molecule has 168 valence electrons. The number of para-hydroxylation sites is 1. The largest absolute Gasteiger partial charge is 0.490 e. The summed E-state index contributed by atoms with van der Waals surface area (Å²) in [6.45, 7) is 6.11. The van der Waals surface area contributed by atoms with Crippen LogP contribution < -0.4 is 4.74 Å². The van der Waals surface area contributed by atoms with Gasteiger partial charge in [0.05, 0.1) is 13.2 Å². The number of hydrogen-bond acceptors (Lipinski definition) is 2. The van der Waals surface area contributed by atoms with Crippen LogP contribution in [0.3, 0.4) is 0 Å². The first-order valence-corrected chi connectivity index (χ1v) is 11.8. The van der Waals surface area contributed by atoms with Crippen LogP contribution in [0.2, 0.25) is 0 Å². The van der Waals surface area contributed by atoms with Gasteiger partial charge >= 0.3 is 0 Å². The molecule has 0 N–H and O–H groups in total. The summed E-state index contributed by atoms with van der Waals surface area (Å²) in [5.41, 5.74) is 7.07. The molecule has 0 amide bonds. The third-order valence-electron chi connectivity index (χ3n) is 6.06. The molecular weight excluding hydrogens is 404 g/mol. The first-order valence-electron chi connectivity index (χ1n) is 11.8. The predicted molar refractivity (Wildman–Crippen MR) is 138 cm³/mol. The molecule has 0 aliphatic heterocycles. The minimum absolute atomic E-state index is 0.495. The second-order valence-electron chi connectivity index (χ2n) is 8.37. The summed E-state index contributed by atoms with van der Waals surface area (Å²) < 4.78 is 12.3. The van der Waals surface area contributed by atoms with E-state index in [0.717, 1.165) is 34.4 Å². The summed E-state index contributed by atoms with van der Waals surface area (Å²) in [4.78, 5) is 0. The molecule has 0 radical (unpaired) electrons. The zero-order chi connectivity index (χ0) is 22.9. The summed E-state index contributed by atoms with van der Waals surface area (Å²) in [6.07, 6.45) is 1.14. The van der Waals surface area contributed by atoms with E-state index in [1.54, 1.807) is 0 Å². The molecule has 0 bridgehead atoms. The average Bonchev–Trinajstić information content (AvgIpc) is 2.89. The van der Waals surface area contributed by atoms with Crippen molar-refractivity contribution in [2.75, 3.05) is 13.2 Å². The summed E-state index contributed by atoms with van der Waals surface area (Å²) in [5.74, 6) is 1.47. The summed E-state index contributed by atoms with van der Waals surface area (Å²) >= 11 is 0. The van der Waals surface area contributed by atoms with Crippen molar-refractivity contribution in [2.24, 2.45) is 0 Å². The third-order valence-corrected chi connectivity index (χ3v) is 6.06. The van der Waals surface area contributed by atoms with E-state index in [-0.39, 0.29) is 0 Å². The molecular formula is C31H32O2. The lowest BCUT2D eigenvalue weighted by molar-refractivity contribution is 0.0892. The van der Waals surface area contributed by atoms with Gasteiger partial charge in [-0.05, 0) is 34.6 Å². The highest BCUT2D eigenvalue weighted by Crippen LogP contribution is 2.39. The second kappa shape index (κ2) is 11.5. The Labute approximate surface area is 197 Å². The molecule has 0 aliphatic rings. The van der Waals surface area contributed by atoms with Gasteiger partial charge in [-0.1, -0.05) is 117 Å². The number of ether oxygens (including phenoxy) is 2. The maximum absolute atomic E-state index is 6.37. The number of benzene rings is 4. The van der Waals surface area contributed by atoms with E-state index in [0.29, 0.717) is 25.7 Å². The molecule has 2 nitrogen and oxygen atoms in total. The average molecular weight is 437 g/mol. The molecule has 4 rings (SSSR count). The molecule has 1 atom stereocenters. The number of hydrogen-bond donors (Lipinski definition) is 0. The van der Waals surface area contributed by atoms with Gasteiger partial charge in [-0.15, -0.1) is 0 Å². The molecule has 0 fully saturated rings. The van der Waals surface area contributed by atoms with Gasteiger partial charge < -0.3 is 9.47 Å². The Morgan fingerprint density at radius 2 is 1.27 bits per heavy atom. The topological polar surface area (TPSA) is 18.5 Å². The van der Waals surface area contributed by atoms with Gasteiger partial charge in [0, 0.05) is 11.1 Å². The van der Waals surface area contributed by atoms with Crippen LogP contribution in [-0.4, -0.2) is 13.2 Å². The zero-order valence-electron chi connectivity index (χ0n) is 19.5. The van der Waals surface area contributed by atoms with E-state index in [1.165, 1.54) is 11.1 Å². The fourth-order valence-corrected chi connectivity index (χ4v) is 4.00. The zero-order valence-corrected chi connectivity index (χ0v) is 19.5. The van der Waals surface area contributed by atoms with E-state index >= 15 is 0 Å². The molecule has 4 aromatic carbocycles. The van der Waals surface area contributed by atoms with Crippen molar-refractivity contribution in [3.8, 4) is 28.0 Å². The monoisotopic (exact) mass is 436 g/mol. The highest BCUT2D eigenvalue weighted by Gasteiger charge is 2.13. The van der Waals surface area contributed by atoms with E-state index in [2.05, 4.69) is 105 Å². The Morgan fingerprint density at radius 1 is 0.667 bits per heavy atom. The maximum atomic E-state index is 6.37. The third kappa shape index (κ3) is 5.91. The lowest BCUT2D eigenvalue weighted by atomic mass is 9.97. The molecule has 2 heteroatoms. The molecule has 33 heavy (non-hydrogen) atoms.